The molecule has 3 heteroatoms. The summed E-state index contributed by atoms with van der Waals surface area (Å²) >= 11 is 0. The third-order valence-corrected chi connectivity index (χ3v) is 1.64. The van der Waals surface area contributed by atoms with Crippen LogP contribution in [0.2, 0.25) is 0 Å². The van der Waals surface area contributed by atoms with Crippen molar-refractivity contribution in [3.05, 3.63) is 41.5 Å². The first kappa shape index (κ1) is 9.48. The van der Waals surface area contributed by atoms with Gasteiger partial charge in [-0.05, 0) is 18.6 Å². The first-order valence-electron chi connectivity index (χ1n) is 3.92. The molecule has 0 saturated heterocycles. The molecule has 0 unspecified atom stereocenters. The molecule has 0 aromatic heterocycles. The van der Waals surface area contributed by atoms with Gasteiger partial charge in [-0.2, -0.15) is 0 Å². The summed E-state index contributed by atoms with van der Waals surface area (Å²) in [7, 11) is 0. The third kappa shape index (κ3) is 2.72. The Kier molecular flexibility index (Phi) is 3.23. The fraction of sp³-hybridized carbons (Fsp3) is 0.100. The SMILES string of the molecule is CC(=Cc1ccccc1)C(=O)NO. The van der Waals surface area contributed by atoms with Crippen molar-refractivity contribution in [3.8, 4) is 0 Å². The van der Waals surface area contributed by atoms with Crippen LogP contribution < -0.4 is 5.48 Å². The largest absolute Gasteiger partial charge is 0.288 e. The number of hydrogen-bond donors (Lipinski definition) is 2. The van der Waals surface area contributed by atoms with Crippen molar-refractivity contribution in [1.29, 1.82) is 0 Å². The van der Waals surface area contributed by atoms with Gasteiger partial charge in [0.25, 0.3) is 5.91 Å². The van der Waals surface area contributed by atoms with Crippen LogP contribution in [-0.4, -0.2) is 11.1 Å². The Labute approximate surface area is 76.7 Å². The summed E-state index contributed by atoms with van der Waals surface area (Å²) in [5, 5.41) is 8.34. The van der Waals surface area contributed by atoms with Crippen LogP contribution in [-0.2, 0) is 4.79 Å². The normalized spacial score (nSPS) is 11.1. The van der Waals surface area contributed by atoms with Crippen LogP contribution in [0, 0.1) is 0 Å². The summed E-state index contributed by atoms with van der Waals surface area (Å²) in [6.07, 6.45) is 1.70. The molecule has 0 heterocycles. The first-order valence-corrected chi connectivity index (χ1v) is 3.92. The number of carbonyl (C=O) groups excluding carboxylic acids is 1. The summed E-state index contributed by atoms with van der Waals surface area (Å²) in [6, 6.07) is 9.44. The highest BCUT2D eigenvalue weighted by Crippen LogP contribution is 2.05. The zero-order chi connectivity index (χ0) is 9.68. The molecule has 0 bridgehead atoms. The molecule has 1 aromatic rings. The smallest absolute Gasteiger partial charge is 0.270 e. The Morgan fingerprint density at radius 1 is 1.38 bits per heavy atom. The second kappa shape index (κ2) is 4.42. The minimum absolute atomic E-state index is 0.466. The zero-order valence-electron chi connectivity index (χ0n) is 7.32. The number of benzene rings is 1. The quantitative estimate of drug-likeness (QED) is 0.409. The molecule has 1 amide bonds. The van der Waals surface area contributed by atoms with Crippen LogP contribution in [0.4, 0.5) is 0 Å². The van der Waals surface area contributed by atoms with E-state index in [0.717, 1.165) is 5.56 Å². The number of amides is 1. The lowest BCUT2D eigenvalue weighted by atomic mass is 10.1. The molecule has 3 nitrogen and oxygen atoms in total. The van der Waals surface area contributed by atoms with Crippen LogP contribution in [0.3, 0.4) is 0 Å². The number of nitrogens with one attached hydrogen (secondary N) is 1. The highest BCUT2D eigenvalue weighted by atomic mass is 16.5. The van der Waals surface area contributed by atoms with Crippen LogP contribution >= 0.6 is 0 Å². The predicted molar refractivity (Wildman–Crippen MR) is 50.0 cm³/mol. The lowest BCUT2D eigenvalue weighted by Gasteiger charge is -1.97. The number of carbonyl (C=O) groups is 1. The van der Waals surface area contributed by atoms with Gasteiger partial charge in [-0.15, -0.1) is 0 Å². The lowest BCUT2D eigenvalue weighted by molar-refractivity contribution is -0.125. The predicted octanol–water partition coefficient (Wildman–Crippen LogP) is 1.60. The molecule has 0 fully saturated rings. The van der Waals surface area contributed by atoms with Gasteiger partial charge in [-0.3, -0.25) is 10.0 Å². The Morgan fingerprint density at radius 2 is 2.00 bits per heavy atom. The van der Waals surface area contributed by atoms with Gasteiger partial charge in [0.2, 0.25) is 0 Å². The van der Waals surface area contributed by atoms with Gasteiger partial charge < -0.3 is 0 Å². The van der Waals surface area contributed by atoms with E-state index >= 15 is 0 Å². The first-order chi connectivity index (χ1) is 6.24. The van der Waals surface area contributed by atoms with Gasteiger partial charge >= 0.3 is 0 Å². The van der Waals surface area contributed by atoms with E-state index in [1.54, 1.807) is 18.5 Å². The van der Waals surface area contributed by atoms with Crippen molar-refractivity contribution in [2.75, 3.05) is 0 Å². The molecule has 68 valence electrons. The van der Waals surface area contributed by atoms with Crippen molar-refractivity contribution in [2.24, 2.45) is 0 Å². The van der Waals surface area contributed by atoms with Crippen LogP contribution in [0.5, 0.6) is 0 Å². The standard InChI is InChI=1S/C10H11NO2/c1-8(10(12)11-13)7-9-5-3-2-4-6-9/h2-7,13H,1H3,(H,11,12). The molecular formula is C10H11NO2. The Balaban J connectivity index is 2.83. The highest BCUT2D eigenvalue weighted by Gasteiger charge is 2.00. The van der Waals surface area contributed by atoms with Gasteiger partial charge in [-0.25, -0.2) is 5.48 Å². The van der Waals surface area contributed by atoms with Crippen LogP contribution in [0.1, 0.15) is 12.5 Å². The number of rotatable bonds is 2. The average molecular weight is 177 g/mol. The van der Waals surface area contributed by atoms with Crippen LogP contribution in [0.15, 0.2) is 35.9 Å². The minimum Gasteiger partial charge on any atom is -0.288 e. The molecule has 0 spiro atoms. The molecule has 0 aliphatic rings. The summed E-state index contributed by atoms with van der Waals surface area (Å²) < 4.78 is 0. The van der Waals surface area contributed by atoms with E-state index in [0.29, 0.717) is 5.57 Å². The summed E-state index contributed by atoms with van der Waals surface area (Å²) in [5.74, 6) is -0.483. The van der Waals surface area contributed by atoms with Crippen molar-refractivity contribution in [2.45, 2.75) is 6.92 Å². The second-order valence-corrected chi connectivity index (χ2v) is 2.68. The van der Waals surface area contributed by atoms with E-state index in [4.69, 9.17) is 5.21 Å². The minimum atomic E-state index is -0.483. The maximum atomic E-state index is 10.9. The number of hydrogen-bond acceptors (Lipinski definition) is 2. The summed E-state index contributed by atoms with van der Waals surface area (Å²) in [6.45, 7) is 1.64. The molecule has 1 aromatic carbocycles. The van der Waals surface area contributed by atoms with E-state index in [-0.39, 0.29) is 0 Å². The van der Waals surface area contributed by atoms with E-state index in [2.05, 4.69) is 0 Å². The summed E-state index contributed by atoms with van der Waals surface area (Å²) in [4.78, 5) is 10.9. The molecule has 0 radical (unpaired) electrons. The lowest BCUT2D eigenvalue weighted by Crippen LogP contribution is -2.19. The Hall–Kier alpha value is -1.61. The van der Waals surface area contributed by atoms with Crippen LogP contribution in [0.25, 0.3) is 6.08 Å². The molecule has 2 N–H and O–H groups in total. The molecule has 0 saturated carbocycles. The third-order valence-electron chi connectivity index (χ3n) is 1.64. The van der Waals surface area contributed by atoms with E-state index in [1.807, 2.05) is 30.3 Å². The van der Waals surface area contributed by atoms with Crippen molar-refractivity contribution in [1.82, 2.24) is 5.48 Å². The monoisotopic (exact) mass is 177 g/mol. The summed E-state index contributed by atoms with van der Waals surface area (Å²) in [5.41, 5.74) is 2.98. The average Bonchev–Trinajstić information content (AvgIpc) is 2.18. The molecule has 13 heavy (non-hydrogen) atoms. The van der Waals surface area contributed by atoms with Gasteiger partial charge in [0.15, 0.2) is 0 Å². The second-order valence-electron chi connectivity index (χ2n) is 2.68. The van der Waals surface area contributed by atoms with Gasteiger partial charge in [0.1, 0.15) is 0 Å². The van der Waals surface area contributed by atoms with Gasteiger partial charge in [0, 0.05) is 5.57 Å². The maximum Gasteiger partial charge on any atom is 0.270 e. The zero-order valence-corrected chi connectivity index (χ0v) is 7.32. The van der Waals surface area contributed by atoms with Crippen molar-refractivity contribution >= 4 is 12.0 Å². The van der Waals surface area contributed by atoms with Gasteiger partial charge in [-0.1, -0.05) is 30.3 Å². The van der Waals surface area contributed by atoms with Crippen molar-refractivity contribution < 1.29 is 10.0 Å². The van der Waals surface area contributed by atoms with E-state index in [1.165, 1.54) is 0 Å². The van der Waals surface area contributed by atoms with E-state index < -0.39 is 5.91 Å². The van der Waals surface area contributed by atoms with Crippen molar-refractivity contribution in [3.63, 3.8) is 0 Å². The highest BCUT2D eigenvalue weighted by molar-refractivity contribution is 5.96. The molecule has 0 aliphatic heterocycles. The molecular weight excluding hydrogens is 166 g/mol. The molecule has 0 atom stereocenters. The van der Waals surface area contributed by atoms with E-state index in [9.17, 15) is 4.79 Å². The Morgan fingerprint density at radius 3 is 2.54 bits per heavy atom. The number of hydroxylamine groups is 1. The fourth-order valence-electron chi connectivity index (χ4n) is 0.953. The molecule has 1 rings (SSSR count). The van der Waals surface area contributed by atoms with Gasteiger partial charge in [0.05, 0.1) is 0 Å². The fourth-order valence-corrected chi connectivity index (χ4v) is 0.953. The topological polar surface area (TPSA) is 49.3 Å². The maximum absolute atomic E-state index is 10.9. The Bertz CT molecular complexity index is 317. The molecule has 0 aliphatic carbocycles.